The van der Waals surface area contributed by atoms with E-state index < -0.39 is 6.10 Å². The van der Waals surface area contributed by atoms with Gasteiger partial charge in [0.05, 0.1) is 6.61 Å². The van der Waals surface area contributed by atoms with Crippen LogP contribution in [0.4, 0.5) is 0 Å². The lowest BCUT2D eigenvalue weighted by atomic mass is 10.1. The summed E-state index contributed by atoms with van der Waals surface area (Å²) in [5, 5.41) is 0. The van der Waals surface area contributed by atoms with Crippen molar-refractivity contribution in [2.75, 3.05) is 6.61 Å². The summed E-state index contributed by atoms with van der Waals surface area (Å²) in [5.41, 5.74) is 6.73. The molecule has 1 heterocycles. The fourth-order valence-corrected chi connectivity index (χ4v) is 1.70. The van der Waals surface area contributed by atoms with E-state index in [4.69, 9.17) is 15.2 Å². The average Bonchev–Trinajstić information content (AvgIpc) is 2.65. The molecule has 0 spiro atoms. The first-order valence-corrected chi connectivity index (χ1v) is 5.36. The van der Waals surface area contributed by atoms with Crippen molar-refractivity contribution < 1.29 is 14.3 Å². The molecule has 1 saturated heterocycles. The van der Waals surface area contributed by atoms with Crippen molar-refractivity contribution in [1.29, 1.82) is 0 Å². The van der Waals surface area contributed by atoms with Gasteiger partial charge in [-0.1, -0.05) is 18.2 Å². The lowest BCUT2D eigenvalue weighted by Crippen LogP contribution is -2.23. The number of esters is 1. The lowest BCUT2D eigenvalue weighted by molar-refractivity contribution is -0.143. The second-order valence-electron chi connectivity index (χ2n) is 3.89. The van der Waals surface area contributed by atoms with Crippen molar-refractivity contribution in [2.45, 2.75) is 25.5 Å². The van der Waals surface area contributed by atoms with Crippen LogP contribution in [0, 0.1) is 0 Å². The molecule has 0 aromatic heterocycles. The summed E-state index contributed by atoms with van der Waals surface area (Å²) in [4.78, 5) is 11.3. The standard InChI is InChI=1S/C12H15NO3/c1-8(13)9-4-2-3-5-10(9)16-11-6-7-15-12(11)14/h2-5,8,11H,6-7,13H2,1H3/t8-,11?/m1/s1. The Morgan fingerprint density at radius 1 is 1.50 bits per heavy atom. The molecule has 86 valence electrons. The fraction of sp³-hybridized carbons (Fsp3) is 0.417. The molecule has 4 heteroatoms. The molecule has 2 N–H and O–H groups in total. The number of ether oxygens (including phenoxy) is 2. The summed E-state index contributed by atoms with van der Waals surface area (Å²) in [6.07, 6.45) is 0.117. The maximum absolute atomic E-state index is 11.3. The van der Waals surface area contributed by atoms with E-state index in [1.807, 2.05) is 31.2 Å². The average molecular weight is 221 g/mol. The highest BCUT2D eigenvalue weighted by atomic mass is 16.6. The first-order chi connectivity index (χ1) is 7.68. The van der Waals surface area contributed by atoms with Gasteiger partial charge in [-0.05, 0) is 13.0 Å². The molecule has 16 heavy (non-hydrogen) atoms. The van der Waals surface area contributed by atoms with Gasteiger partial charge in [-0.3, -0.25) is 0 Å². The highest BCUT2D eigenvalue weighted by Crippen LogP contribution is 2.26. The van der Waals surface area contributed by atoms with Crippen LogP contribution in [-0.4, -0.2) is 18.7 Å². The van der Waals surface area contributed by atoms with Crippen LogP contribution in [-0.2, 0) is 9.53 Å². The largest absolute Gasteiger partial charge is 0.478 e. The molecule has 1 aromatic rings. The van der Waals surface area contributed by atoms with Gasteiger partial charge in [0, 0.05) is 18.0 Å². The Labute approximate surface area is 94.3 Å². The number of carbonyl (C=O) groups is 1. The second kappa shape index (κ2) is 4.53. The Balaban J connectivity index is 2.17. The third kappa shape index (κ3) is 2.17. The van der Waals surface area contributed by atoms with Crippen LogP contribution in [0.15, 0.2) is 24.3 Å². The highest BCUT2D eigenvalue weighted by Gasteiger charge is 2.29. The smallest absolute Gasteiger partial charge is 0.347 e. The minimum Gasteiger partial charge on any atom is -0.478 e. The van der Waals surface area contributed by atoms with E-state index in [1.54, 1.807) is 0 Å². The predicted molar refractivity (Wildman–Crippen MR) is 59.0 cm³/mol. The predicted octanol–water partition coefficient (Wildman–Crippen LogP) is 1.40. The van der Waals surface area contributed by atoms with Crippen molar-refractivity contribution in [3.05, 3.63) is 29.8 Å². The normalized spacial score (nSPS) is 21.6. The number of hydrogen-bond donors (Lipinski definition) is 1. The van der Waals surface area contributed by atoms with Crippen LogP contribution in [0.3, 0.4) is 0 Å². The highest BCUT2D eigenvalue weighted by molar-refractivity contribution is 5.76. The summed E-state index contributed by atoms with van der Waals surface area (Å²) < 4.78 is 10.5. The minimum absolute atomic E-state index is 0.117. The molecule has 1 fully saturated rings. The summed E-state index contributed by atoms with van der Waals surface area (Å²) >= 11 is 0. The molecule has 0 aliphatic carbocycles. The molecule has 1 aliphatic rings. The molecule has 0 saturated carbocycles. The molecular weight excluding hydrogens is 206 g/mol. The SMILES string of the molecule is C[C@@H](N)c1ccccc1OC1CCOC1=O. The Morgan fingerprint density at radius 2 is 2.25 bits per heavy atom. The number of cyclic esters (lactones) is 1. The summed E-state index contributed by atoms with van der Waals surface area (Å²) in [7, 11) is 0. The van der Waals surface area contributed by atoms with Crippen molar-refractivity contribution >= 4 is 5.97 Å². The van der Waals surface area contributed by atoms with Crippen LogP contribution >= 0.6 is 0 Å². The minimum atomic E-state index is -0.486. The van der Waals surface area contributed by atoms with Crippen molar-refractivity contribution in [3.8, 4) is 5.75 Å². The lowest BCUT2D eigenvalue weighted by Gasteiger charge is -2.15. The zero-order valence-corrected chi connectivity index (χ0v) is 9.18. The molecule has 1 aromatic carbocycles. The zero-order chi connectivity index (χ0) is 11.5. The van der Waals surface area contributed by atoms with E-state index in [0.29, 0.717) is 18.8 Å². The summed E-state index contributed by atoms with van der Waals surface area (Å²) in [5.74, 6) is 0.376. The maximum Gasteiger partial charge on any atom is 0.347 e. The van der Waals surface area contributed by atoms with E-state index in [2.05, 4.69) is 0 Å². The topological polar surface area (TPSA) is 61.6 Å². The van der Waals surface area contributed by atoms with Gasteiger partial charge in [-0.25, -0.2) is 4.79 Å². The van der Waals surface area contributed by atoms with Gasteiger partial charge in [0.25, 0.3) is 0 Å². The molecule has 2 atom stereocenters. The van der Waals surface area contributed by atoms with Gasteiger partial charge in [0.2, 0.25) is 0 Å². The first kappa shape index (κ1) is 11.0. The molecule has 0 bridgehead atoms. The Hall–Kier alpha value is -1.55. The van der Waals surface area contributed by atoms with Crippen molar-refractivity contribution in [2.24, 2.45) is 5.73 Å². The van der Waals surface area contributed by atoms with Crippen molar-refractivity contribution in [1.82, 2.24) is 0 Å². The number of rotatable bonds is 3. The fourth-order valence-electron chi connectivity index (χ4n) is 1.70. The van der Waals surface area contributed by atoms with Crippen molar-refractivity contribution in [3.63, 3.8) is 0 Å². The number of carbonyl (C=O) groups excluding carboxylic acids is 1. The molecular formula is C12H15NO3. The zero-order valence-electron chi connectivity index (χ0n) is 9.18. The molecule has 1 aliphatic heterocycles. The summed E-state index contributed by atoms with van der Waals surface area (Å²) in [6.45, 7) is 2.32. The van der Waals surface area contributed by atoms with E-state index in [0.717, 1.165) is 5.56 Å². The Kier molecular flexibility index (Phi) is 3.10. The molecule has 0 amide bonds. The molecule has 4 nitrogen and oxygen atoms in total. The van der Waals surface area contributed by atoms with Gasteiger partial charge in [-0.15, -0.1) is 0 Å². The quantitative estimate of drug-likeness (QED) is 0.784. The number of benzene rings is 1. The van der Waals surface area contributed by atoms with E-state index >= 15 is 0 Å². The van der Waals surface area contributed by atoms with Gasteiger partial charge in [0.15, 0.2) is 6.10 Å². The van der Waals surface area contributed by atoms with Gasteiger partial charge >= 0.3 is 5.97 Å². The third-order valence-corrected chi connectivity index (χ3v) is 2.57. The Morgan fingerprint density at radius 3 is 2.88 bits per heavy atom. The summed E-state index contributed by atoms with van der Waals surface area (Å²) in [6, 6.07) is 7.37. The van der Waals surface area contributed by atoms with Crippen LogP contribution in [0.2, 0.25) is 0 Å². The van der Waals surface area contributed by atoms with Gasteiger partial charge in [-0.2, -0.15) is 0 Å². The third-order valence-electron chi connectivity index (χ3n) is 2.57. The molecule has 0 radical (unpaired) electrons. The molecule has 1 unspecified atom stereocenters. The monoisotopic (exact) mass is 221 g/mol. The van der Waals surface area contributed by atoms with Crippen LogP contribution < -0.4 is 10.5 Å². The maximum atomic E-state index is 11.3. The number of nitrogens with two attached hydrogens (primary N) is 1. The van der Waals surface area contributed by atoms with E-state index in [9.17, 15) is 4.79 Å². The van der Waals surface area contributed by atoms with Crippen LogP contribution in [0.5, 0.6) is 5.75 Å². The van der Waals surface area contributed by atoms with Gasteiger partial charge < -0.3 is 15.2 Å². The van der Waals surface area contributed by atoms with E-state index in [-0.39, 0.29) is 12.0 Å². The Bertz CT molecular complexity index is 390. The van der Waals surface area contributed by atoms with E-state index in [1.165, 1.54) is 0 Å². The number of hydrogen-bond acceptors (Lipinski definition) is 4. The van der Waals surface area contributed by atoms with Gasteiger partial charge in [0.1, 0.15) is 5.75 Å². The van der Waals surface area contributed by atoms with Crippen LogP contribution in [0.1, 0.15) is 24.9 Å². The van der Waals surface area contributed by atoms with Crippen LogP contribution in [0.25, 0.3) is 0 Å². The molecule has 2 rings (SSSR count). The second-order valence-corrected chi connectivity index (χ2v) is 3.89. The first-order valence-electron chi connectivity index (χ1n) is 5.36. The number of para-hydroxylation sites is 1.